The molecule has 0 unspecified atom stereocenters. The van der Waals surface area contributed by atoms with Gasteiger partial charge < -0.3 is 0 Å². The number of carbonyl (C=O) groups is 3. The molecular weight excluding hydrogens is 222 g/mol. The molecule has 1 aliphatic rings. The standard InChI is InChI=1S/C11H17N3O3/c1-5-7(2)12-6-8-9(15)13(3)11(17)14(4)10(8)16/h6-8H,5H2,1-4H3/t7-/m0/s1. The minimum Gasteiger partial charge on any atom is -0.293 e. The van der Waals surface area contributed by atoms with E-state index in [-0.39, 0.29) is 6.04 Å². The minimum absolute atomic E-state index is 0.0591. The second-order valence-corrected chi connectivity index (χ2v) is 4.11. The highest BCUT2D eigenvalue weighted by Gasteiger charge is 2.41. The van der Waals surface area contributed by atoms with Gasteiger partial charge in [0.2, 0.25) is 11.8 Å². The molecule has 1 atom stereocenters. The van der Waals surface area contributed by atoms with Crippen LogP contribution in [0.1, 0.15) is 20.3 Å². The lowest BCUT2D eigenvalue weighted by Gasteiger charge is -2.31. The highest BCUT2D eigenvalue weighted by atomic mass is 16.2. The van der Waals surface area contributed by atoms with Gasteiger partial charge in [-0.1, -0.05) is 6.92 Å². The second kappa shape index (κ2) is 5.07. The number of imide groups is 2. The third-order valence-corrected chi connectivity index (χ3v) is 2.85. The van der Waals surface area contributed by atoms with Crippen LogP contribution in [0.2, 0.25) is 0 Å². The Labute approximate surface area is 100 Å². The number of barbiturate groups is 1. The van der Waals surface area contributed by atoms with Gasteiger partial charge in [0.05, 0.1) is 0 Å². The Balaban J connectivity index is 2.91. The third-order valence-electron chi connectivity index (χ3n) is 2.85. The molecule has 17 heavy (non-hydrogen) atoms. The van der Waals surface area contributed by atoms with E-state index in [4.69, 9.17) is 0 Å². The molecule has 6 nitrogen and oxygen atoms in total. The fraction of sp³-hybridized carbons (Fsp3) is 0.636. The number of amides is 4. The summed E-state index contributed by atoms with van der Waals surface area (Å²) < 4.78 is 0. The maximum Gasteiger partial charge on any atom is 0.332 e. The van der Waals surface area contributed by atoms with Crippen molar-refractivity contribution in [3.8, 4) is 0 Å². The van der Waals surface area contributed by atoms with E-state index in [0.717, 1.165) is 16.2 Å². The van der Waals surface area contributed by atoms with Crippen LogP contribution in [0.4, 0.5) is 4.79 Å². The van der Waals surface area contributed by atoms with Crippen molar-refractivity contribution in [2.45, 2.75) is 26.3 Å². The van der Waals surface area contributed by atoms with E-state index < -0.39 is 23.8 Å². The summed E-state index contributed by atoms with van der Waals surface area (Å²) in [6, 6.07) is -0.544. The lowest BCUT2D eigenvalue weighted by molar-refractivity contribution is -0.144. The van der Waals surface area contributed by atoms with Gasteiger partial charge in [0.25, 0.3) is 0 Å². The Morgan fingerprint density at radius 3 is 2.12 bits per heavy atom. The van der Waals surface area contributed by atoms with Gasteiger partial charge in [0.15, 0.2) is 5.92 Å². The Morgan fingerprint density at radius 1 is 1.24 bits per heavy atom. The van der Waals surface area contributed by atoms with Gasteiger partial charge in [0, 0.05) is 26.4 Å². The summed E-state index contributed by atoms with van der Waals surface area (Å²) in [4.78, 5) is 41.0. The van der Waals surface area contributed by atoms with E-state index in [9.17, 15) is 14.4 Å². The predicted octanol–water partition coefficient (Wildman–Crippen LogP) is 0.522. The average molecular weight is 239 g/mol. The van der Waals surface area contributed by atoms with Gasteiger partial charge in [-0.05, 0) is 13.3 Å². The number of nitrogens with zero attached hydrogens (tertiary/aromatic N) is 3. The average Bonchev–Trinajstić information content (AvgIpc) is 2.33. The number of urea groups is 1. The molecule has 94 valence electrons. The normalized spacial score (nSPS) is 20.6. The summed E-state index contributed by atoms with van der Waals surface area (Å²) in [6.07, 6.45) is 2.18. The van der Waals surface area contributed by atoms with Crippen LogP contribution in [0, 0.1) is 5.92 Å². The number of hydrogen-bond acceptors (Lipinski definition) is 4. The first kappa shape index (κ1) is 13.3. The van der Waals surface area contributed by atoms with Crippen molar-refractivity contribution in [1.29, 1.82) is 0 Å². The molecule has 1 rings (SSSR count). The molecule has 0 bridgehead atoms. The maximum absolute atomic E-state index is 11.8. The van der Waals surface area contributed by atoms with E-state index in [0.29, 0.717) is 0 Å². The van der Waals surface area contributed by atoms with Crippen molar-refractivity contribution in [1.82, 2.24) is 9.80 Å². The molecule has 6 heteroatoms. The molecule has 1 fully saturated rings. The van der Waals surface area contributed by atoms with Gasteiger partial charge in [-0.25, -0.2) is 4.79 Å². The summed E-state index contributed by atoms with van der Waals surface area (Å²) in [5.74, 6) is -2.02. The van der Waals surface area contributed by atoms with Crippen LogP contribution in [0.25, 0.3) is 0 Å². The molecule has 1 saturated heterocycles. The Bertz CT molecular complexity index is 354. The topological polar surface area (TPSA) is 70.1 Å². The molecule has 1 aliphatic heterocycles. The number of rotatable bonds is 3. The molecule has 0 aromatic rings. The van der Waals surface area contributed by atoms with Crippen LogP contribution >= 0.6 is 0 Å². The highest BCUT2D eigenvalue weighted by molar-refractivity contribution is 6.23. The fourth-order valence-electron chi connectivity index (χ4n) is 1.40. The van der Waals surface area contributed by atoms with Crippen LogP contribution in [0.3, 0.4) is 0 Å². The summed E-state index contributed by atoms with van der Waals surface area (Å²) in [6.45, 7) is 3.86. The van der Waals surface area contributed by atoms with Crippen LogP contribution < -0.4 is 0 Å². The number of aliphatic imine (C=N–C) groups is 1. The largest absolute Gasteiger partial charge is 0.332 e. The predicted molar refractivity (Wildman–Crippen MR) is 62.7 cm³/mol. The first-order valence-corrected chi connectivity index (χ1v) is 5.52. The van der Waals surface area contributed by atoms with Crippen molar-refractivity contribution < 1.29 is 14.4 Å². The summed E-state index contributed by atoms with van der Waals surface area (Å²) in [5.41, 5.74) is 0. The third kappa shape index (κ3) is 2.51. The van der Waals surface area contributed by atoms with Crippen molar-refractivity contribution in [2.24, 2.45) is 10.9 Å². The van der Waals surface area contributed by atoms with Crippen LogP contribution in [-0.4, -0.2) is 54.0 Å². The van der Waals surface area contributed by atoms with E-state index in [1.165, 1.54) is 20.3 Å². The maximum atomic E-state index is 11.8. The minimum atomic E-state index is -0.975. The zero-order valence-electron chi connectivity index (χ0n) is 10.5. The van der Waals surface area contributed by atoms with Gasteiger partial charge in [-0.15, -0.1) is 0 Å². The van der Waals surface area contributed by atoms with Crippen LogP contribution in [0.15, 0.2) is 4.99 Å². The molecule has 0 radical (unpaired) electrons. The second-order valence-electron chi connectivity index (χ2n) is 4.11. The molecule has 0 saturated carbocycles. The Hall–Kier alpha value is -1.72. The molecule has 0 aromatic carbocycles. The highest BCUT2D eigenvalue weighted by Crippen LogP contribution is 2.13. The van der Waals surface area contributed by atoms with E-state index >= 15 is 0 Å². The SMILES string of the molecule is CC[C@H](C)N=CC1C(=O)N(C)C(=O)N(C)C1=O. The van der Waals surface area contributed by atoms with Crippen molar-refractivity contribution in [3.63, 3.8) is 0 Å². The van der Waals surface area contributed by atoms with Crippen LogP contribution in [0.5, 0.6) is 0 Å². The van der Waals surface area contributed by atoms with E-state index in [1.54, 1.807) is 0 Å². The number of hydrogen-bond donors (Lipinski definition) is 0. The van der Waals surface area contributed by atoms with Gasteiger partial charge in [0.1, 0.15) is 0 Å². The monoisotopic (exact) mass is 239 g/mol. The molecule has 1 heterocycles. The van der Waals surface area contributed by atoms with Crippen molar-refractivity contribution >= 4 is 24.1 Å². The van der Waals surface area contributed by atoms with Crippen molar-refractivity contribution in [2.75, 3.05) is 14.1 Å². The molecule has 4 amide bonds. The van der Waals surface area contributed by atoms with E-state index in [2.05, 4.69) is 4.99 Å². The molecule has 0 spiro atoms. The zero-order chi connectivity index (χ0) is 13.2. The summed E-state index contributed by atoms with van der Waals surface area (Å²) in [5, 5.41) is 0. The van der Waals surface area contributed by atoms with Crippen molar-refractivity contribution in [3.05, 3.63) is 0 Å². The molecule has 0 aromatic heterocycles. The lowest BCUT2D eigenvalue weighted by atomic mass is 10.1. The quantitative estimate of drug-likeness (QED) is 0.532. The molecule has 0 aliphatic carbocycles. The smallest absolute Gasteiger partial charge is 0.293 e. The Kier molecular flexibility index (Phi) is 3.98. The van der Waals surface area contributed by atoms with Gasteiger partial charge in [-0.2, -0.15) is 0 Å². The van der Waals surface area contributed by atoms with Crippen LogP contribution in [-0.2, 0) is 9.59 Å². The summed E-state index contributed by atoms with van der Waals surface area (Å²) in [7, 11) is 2.72. The van der Waals surface area contributed by atoms with E-state index in [1.807, 2.05) is 13.8 Å². The van der Waals surface area contributed by atoms with Gasteiger partial charge >= 0.3 is 6.03 Å². The zero-order valence-corrected chi connectivity index (χ0v) is 10.5. The molecular formula is C11H17N3O3. The first-order chi connectivity index (χ1) is 7.90. The summed E-state index contributed by atoms with van der Waals surface area (Å²) >= 11 is 0. The first-order valence-electron chi connectivity index (χ1n) is 5.52. The Morgan fingerprint density at radius 2 is 1.71 bits per heavy atom. The molecule has 0 N–H and O–H groups in total. The fourth-order valence-corrected chi connectivity index (χ4v) is 1.40. The lowest BCUT2D eigenvalue weighted by Crippen LogP contribution is -2.57. The number of carbonyl (C=O) groups excluding carboxylic acids is 3. The van der Waals surface area contributed by atoms with Gasteiger partial charge in [-0.3, -0.25) is 24.4 Å².